The second-order valence-electron chi connectivity index (χ2n) is 5.10. The van der Waals surface area contributed by atoms with Crippen molar-refractivity contribution < 1.29 is 14.6 Å². The predicted molar refractivity (Wildman–Crippen MR) is 77.8 cm³/mol. The van der Waals surface area contributed by atoms with E-state index in [1.165, 1.54) is 12.8 Å². The molecule has 0 spiro atoms. The molecule has 1 aliphatic carbocycles. The molecule has 1 aromatic carbocycles. The van der Waals surface area contributed by atoms with Crippen molar-refractivity contribution in [3.8, 4) is 0 Å². The molecule has 0 heterocycles. The molecule has 0 bridgehead atoms. The summed E-state index contributed by atoms with van der Waals surface area (Å²) in [5, 5.41) is 12.3. The highest BCUT2D eigenvalue weighted by Gasteiger charge is 2.41. The summed E-state index contributed by atoms with van der Waals surface area (Å²) in [7, 11) is 1.73. The Kier molecular flexibility index (Phi) is 4.47. The summed E-state index contributed by atoms with van der Waals surface area (Å²) in [6.45, 7) is 1.70. The number of carboxylic acids is 1. The number of hydrogen-bond donors (Lipinski definition) is 2. The highest BCUT2D eigenvalue weighted by Crippen LogP contribution is 2.48. The van der Waals surface area contributed by atoms with E-state index >= 15 is 0 Å². The fraction of sp³-hybridized carbons (Fsp3) is 0.500. The maximum atomic E-state index is 10.9. The summed E-state index contributed by atoms with van der Waals surface area (Å²) in [6, 6.07) is 5.05. The van der Waals surface area contributed by atoms with Gasteiger partial charge in [-0.1, -0.05) is 0 Å². The van der Waals surface area contributed by atoms with Gasteiger partial charge in [0.2, 0.25) is 0 Å². The monoisotopic (exact) mass is 327 g/mol. The fourth-order valence-corrected chi connectivity index (χ4v) is 2.60. The second-order valence-corrected chi connectivity index (χ2v) is 5.95. The summed E-state index contributed by atoms with van der Waals surface area (Å²) in [4.78, 5) is 10.9. The molecule has 0 unspecified atom stereocenters. The van der Waals surface area contributed by atoms with Gasteiger partial charge in [0.05, 0.1) is 5.56 Å². The highest BCUT2D eigenvalue weighted by molar-refractivity contribution is 9.10. The molecule has 0 atom stereocenters. The second kappa shape index (κ2) is 5.92. The van der Waals surface area contributed by atoms with Crippen LogP contribution in [0, 0.1) is 5.41 Å². The van der Waals surface area contributed by atoms with Crippen molar-refractivity contribution in [3.05, 3.63) is 28.2 Å². The number of ether oxygens (including phenoxy) is 1. The Morgan fingerprint density at radius 3 is 2.79 bits per heavy atom. The summed E-state index contributed by atoms with van der Waals surface area (Å²) in [5.41, 5.74) is 1.59. The third-order valence-corrected chi connectivity index (χ3v) is 4.32. The summed E-state index contributed by atoms with van der Waals surface area (Å²) in [5.74, 6) is -0.911. The molecule has 2 rings (SSSR count). The van der Waals surface area contributed by atoms with Gasteiger partial charge in [-0.05, 0) is 58.8 Å². The molecule has 5 heteroatoms. The Balaban J connectivity index is 1.95. The largest absolute Gasteiger partial charge is 0.478 e. The van der Waals surface area contributed by atoms with Gasteiger partial charge in [0, 0.05) is 30.4 Å². The van der Waals surface area contributed by atoms with E-state index in [9.17, 15) is 4.79 Å². The van der Waals surface area contributed by atoms with Crippen molar-refractivity contribution >= 4 is 27.6 Å². The average Bonchev–Trinajstić information content (AvgIpc) is 3.15. The standard InChI is InChI=1S/C14H18BrNO3/c1-19-7-6-14(4-5-14)9-16-12-3-2-10(13(17)18)8-11(12)15/h2-3,8,16H,4-7,9H2,1H3,(H,17,18). The molecule has 0 aromatic heterocycles. The van der Waals surface area contributed by atoms with Crippen molar-refractivity contribution in [2.45, 2.75) is 19.3 Å². The lowest BCUT2D eigenvalue weighted by Gasteiger charge is -2.17. The van der Waals surface area contributed by atoms with Crippen LogP contribution < -0.4 is 5.32 Å². The van der Waals surface area contributed by atoms with E-state index in [4.69, 9.17) is 9.84 Å². The SMILES string of the molecule is COCCC1(CNc2ccc(C(=O)O)cc2Br)CC1. The lowest BCUT2D eigenvalue weighted by atomic mass is 10.0. The summed E-state index contributed by atoms with van der Waals surface area (Å²) < 4.78 is 5.92. The first-order valence-electron chi connectivity index (χ1n) is 6.32. The van der Waals surface area contributed by atoms with Gasteiger partial charge in [0.15, 0.2) is 0 Å². The zero-order chi connectivity index (χ0) is 13.9. The third kappa shape index (κ3) is 3.70. The molecular formula is C14H18BrNO3. The van der Waals surface area contributed by atoms with Crippen LogP contribution in [0.2, 0.25) is 0 Å². The molecule has 2 N–H and O–H groups in total. The molecule has 104 valence electrons. The number of nitrogens with one attached hydrogen (secondary N) is 1. The molecule has 1 saturated carbocycles. The number of carboxylic acid groups (broad SMARTS) is 1. The van der Waals surface area contributed by atoms with E-state index < -0.39 is 5.97 Å². The number of benzene rings is 1. The van der Waals surface area contributed by atoms with Crippen LogP contribution in [0.4, 0.5) is 5.69 Å². The lowest BCUT2D eigenvalue weighted by molar-refractivity contribution is 0.0697. The molecule has 1 aromatic rings. The predicted octanol–water partition coefficient (Wildman–Crippen LogP) is 3.38. The van der Waals surface area contributed by atoms with Gasteiger partial charge in [0.1, 0.15) is 0 Å². The van der Waals surface area contributed by atoms with Crippen LogP contribution in [0.5, 0.6) is 0 Å². The van der Waals surface area contributed by atoms with E-state index in [1.807, 2.05) is 0 Å². The molecular weight excluding hydrogens is 310 g/mol. The number of anilines is 1. The van der Waals surface area contributed by atoms with E-state index in [1.54, 1.807) is 25.3 Å². The van der Waals surface area contributed by atoms with Crippen molar-refractivity contribution in [1.82, 2.24) is 0 Å². The highest BCUT2D eigenvalue weighted by atomic mass is 79.9. The van der Waals surface area contributed by atoms with E-state index in [0.29, 0.717) is 5.41 Å². The molecule has 4 nitrogen and oxygen atoms in total. The molecule has 1 fully saturated rings. The number of aromatic carboxylic acids is 1. The Morgan fingerprint density at radius 1 is 1.53 bits per heavy atom. The minimum absolute atomic E-state index is 0.290. The Hall–Kier alpha value is -1.07. The molecule has 0 aliphatic heterocycles. The first-order valence-corrected chi connectivity index (χ1v) is 7.11. The summed E-state index contributed by atoms with van der Waals surface area (Å²) in [6.07, 6.45) is 3.53. The van der Waals surface area contributed by atoms with Crippen LogP contribution >= 0.6 is 15.9 Å². The molecule has 19 heavy (non-hydrogen) atoms. The van der Waals surface area contributed by atoms with Gasteiger partial charge in [-0.15, -0.1) is 0 Å². The Bertz CT molecular complexity index is 472. The van der Waals surface area contributed by atoms with Crippen molar-refractivity contribution in [1.29, 1.82) is 0 Å². The molecule has 0 amide bonds. The zero-order valence-electron chi connectivity index (χ0n) is 10.9. The fourth-order valence-electron chi connectivity index (χ4n) is 2.08. The first-order chi connectivity index (χ1) is 9.06. The van der Waals surface area contributed by atoms with Gasteiger partial charge in [0.25, 0.3) is 0 Å². The van der Waals surface area contributed by atoms with E-state index in [2.05, 4.69) is 21.2 Å². The Labute approximate surface area is 121 Å². The van der Waals surface area contributed by atoms with Gasteiger partial charge < -0.3 is 15.2 Å². The van der Waals surface area contributed by atoms with Crippen LogP contribution in [0.1, 0.15) is 29.6 Å². The zero-order valence-corrected chi connectivity index (χ0v) is 12.5. The van der Waals surface area contributed by atoms with E-state index in [0.717, 1.165) is 29.7 Å². The molecule has 1 aliphatic rings. The first kappa shape index (κ1) is 14.3. The number of halogens is 1. The normalized spacial score (nSPS) is 16.1. The van der Waals surface area contributed by atoms with Crippen LogP contribution in [-0.2, 0) is 4.74 Å². The number of methoxy groups -OCH3 is 1. The van der Waals surface area contributed by atoms with Gasteiger partial charge in [-0.2, -0.15) is 0 Å². The number of carbonyl (C=O) groups is 1. The molecule has 0 saturated heterocycles. The van der Waals surface area contributed by atoms with Gasteiger partial charge in [-0.3, -0.25) is 0 Å². The molecule has 0 radical (unpaired) electrons. The smallest absolute Gasteiger partial charge is 0.335 e. The maximum absolute atomic E-state index is 10.9. The van der Waals surface area contributed by atoms with Crippen molar-refractivity contribution in [2.24, 2.45) is 5.41 Å². The minimum Gasteiger partial charge on any atom is -0.478 e. The van der Waals surface area contributed by atoms with Crippen LogP contribution in [-0.4, -0.2) is 31.3 Å². The minimum atomic E-state index is -0.911. The van der Waals surface area contributed by atoms with Gasteiger partial charge in [-0.25, -0.2) is 4.79 Å². The summed E-state index contributed by atoms with van der Waals surface area (Å²) >= 11 is 3.41. The van der Waals surface area contributed by atoms with Crippen molar-refractivity contribution in [3.63, 3.8) is 0 Å². The maximum Gasteiger partial charge on any atom is 0.335 e. The van der Waals surface area contributed by atoms with E-state index in [-0.39, 0.29) is 5.56 Å². The topological polar surface area (TPSA) is 58.6 Å². The van der Waals surface area contributed by atoms with Crippen LogP contribution in [0.25, 0.3) is 0 Å². The lowest BCUT2D eigenvalue weighted by Crippen LogP contribution is -2.17. The van der Waals surface area contributed by atoms with Crippen molar-refractivity contribution in [2.75, 3.05) is 25.6 Å². The van der Waals surface area contributed by atoms with Crippen LogP contribution in [0.15, 0.2) is 22.7 Å². The van der Waals surface area contributed by atoms with Crippen LogP contribution in [0.3, 0.4) is 0 Å². The average molecular weight is 328 g/mol. The number of hydrogen-bond acceptors (Lipinski definition) is 3. The third-order valence-electron chi connectivity index (χ3n) is 3.66. The van der Waals surface area contributed by atoms with Gasteiger partial charge >= 0.3 is 5.97 Å². The Morgan fingerprint density at radius 2 is 2.26 bits per heavy atom. The quantitative estimate of drug-likeness (QED) is 0.806. The number of rotatable bonds is 7.